The molecule has 0 saturated heterocycles. The van der Waals surface area contributed by atoms with Gasteiger partial charge in [0, 0.05) is 13.2 Å². The van der Waals surface area contributed by atoms with Crippen LogP contribution in [0, 0.1) is 0 Å². The summed E-state index contributed by atoms with van der Waals surface area (Å²) in [5.74, 6) is -0.0871. The van der Waals surface area contributed by atoms with Gasteiger partial charge in [0.15, 0.2) is 0 Å². The van der Waals surface area contributed by atoms with Crippen LogP contribution < -0.4 is 5.32 Å². The predicted molar refractivity (Wildman–Crippen MR) is 74.5 cm³/mol. The van der Waals surface area contributed by atoms with Crippen molar-refractivity contribution in [2.24, 2.45) is 0 Å². The van der Waals surface area contributed by atoms with Gasteiger partial charge in [0.1, 0.15) is 0 Å². The maximum absolute atomic E-state index is 10.9. The molecular weight excluding hydrogens is 226 g/mol. The van der Waals surface area contributed by atoms with Crippen molar-refractivity contribution in [3.63, 3.8) is 0 Å². The molecule has 0 radical (unpaired) electrons. The molecule has 0 spiro atoms. The Morgan fingerprint density at radius 3 is 2.50 bits per heavy atom. The smallest absolute Gasteiger partial charge is 0.243 e. The number of hydrogen-bond donors (Lipinski definition) is 1. The average Bonchev–Trinajstić information content (AvgIpc) is 2.35. The van der Waals surface area contributed by atoms with E-state index in [2.05, 4.69) is 11.9 Å². The Kier molecular flexibility index (Phi) is 8.57. The molecule has 1 saturated carbocycles. The third-order valence-electron chi connectivity index (χ3n) is 3.46. The standard InChI is InChI=1S/C15H27NO2/c1-2-15(17)16-12-8-9-13-18-14-10-6-4-3-5-7-11-14/h2,14H,1,3-13H2,(H,16,17). The lowest BCUT2D eigenvalue weighted by Gasteiger charge is -2.20. The number of amides is 1. The van der Waals surface area contributed by atoms with Crippen molar-refractivity contribution in [1.82, 2.24) is 5.32 Å². The van der Waals surface area contributed by atoms with E-state index in [0.29, 0.717) is 6.10 Å². The summed E-state index contributed by atoms with van der Waals surface area (Å²) in [4.78, 5) is 10.9. The molecule has 0 aromatic rings. The van der Waals surface area contributed by atoms with Crippen LogP contribution in [-0.4, -0.2) is 25.2 Å². The zero-order valence-electron chi connectivity index (χ0n) is 11.5. The molecule has 1 fully saturated rings. The summed E-state index contributed by atoms with van der Waals surface area (Å²) in [6.07, 6.45) is 13.0. The van der Waals surface area contributed by atoms with Crippen LogP contribution in [0.1, 0.15) is 57.8 Å². The minimum Gasteiger partial charge on any atom is -0.378 e. The number of carbonyl (C=O) groups excluding carboxylic acids is 1. The Hall–Kier alpha value is -0.830. The first-order valence-electron chi connectivity index (χ1n) is 7.35. The quantitative estimate of drug-likeness (QED) is 0.559. The van der Waals surface area contributed by atoms with Crippen molar-refractivity contribution in [1.29, 1.82) is 0 Å². The fourth-order valence-corrected chi connectivity index (χ4v) is 2.35. The topological polar surface area (TPSA) is 38.3 Å². The van der Waals surface area contributed by atoms with Gasteiger partial charge in [-0.05, 0) is 31.8 Å². The lowest BCUT2D eigenvalue weighted by molar-refractivity contribution is -0.116. The fraction of sp³-hybridized carbons (Fsp3) is 0.800. The second kappa shape index (κ2) is 10.1. The van der Waals surface area contributed by atoms with E-state index in [1.54, 1.807) is 0 Å². The molecule has 0 aromatic heterocycles. The van der Waals surface area contributed by atoms with Crippen LogP contribution in [0.4, 0.5) is 0 Å². The van der Waals surface area contributed by atoms with Gasteiger partial charge >= 0.3 is 0 Å². The maximum Gasteiger partial charge on any atom is 0.243 e. The highest BCUT2D eigenvalue weighted by atomic mass is 16.5. The first-order chi connectivity index (χ1) is 8.83. The van der Waals surface area contributed by atoms with Crippen molar-refractivity contribution < 1.29 is 9.53 Å². The second-order valence-electron chi connectivity index (χ2n) is 5.04. The third-order valence-corrected chi connectivity index (χ3v) is 3.46. The Morgan fingerprint density at radius 1 is 1.17 bits per heavy atom. The van der Waals surface area contributed by atoms with Crippen molar-refractivity contribution in [3.05, 3.63) is 12.7 Å². The van der Waals surface area contributed by atoms with Crippen LogP contribution in [0.3, 0.4) is 0 Å². The van der Waals surface area contributed by atoms with Gasteiger partial charge in [-0.1, -0.05) is 38.7 Å². The Balaban J connectivity index is 1.95. The highest BCUT2D eigenvalue weighted by Gasteiger charge is 2.10. The Morgan fingerprint density at radius 2 is 1.83 bits per heavy atom. The summed E-state index contributed by atoms with van der Waals surface area (Å²) >= 11 is 0. The molecule has 0 aliphatic heterocycles. The summed E-state index contributed by atoms with van der Waals surface area (Å²) in [6.45, 7) is 4.97. The molecule has 104 valence electrons. The lowest BCUT2D eigenvalue weighted by Crippen LogP contribution is -2.22. The number of carbonyl (C=O) groups is 1. The van der Waals surface area contributed by atoms with Gasteiger partial charge in [0.2, 0.25) is 5.91 Å². The molecule has 0 heterocycles. The summed E-state index contributed by atoms with van der Waals surface area (Å²) < 4.78 is 5.92. The Bertz CT molecular complexity index is 233. The third kappa shape index (κ3) is 7.49. The molecule has 0 bridgehead atoms. The molecule has 3 nitrogen and oxygen atoms in total. The second-order valence-corrected chi connectivity index (χ2v) is 5.04. The molecule has 0 aromatic carbocycles. The predicted octanol–water partition coefficient (Wildman–Crippen LogP) is 3.20. The van der Waals surface area contributed by atoms with Gasteiger partial charge < -0.3 is 10.1 Å². The van der Waals surface area contributed by atoms with E-state index in [1.165, 1.54) is 51.0 Å². The average molecular weight is 253 g/mol. The number of ether oxygens (including phenoxy) is 1. The molecule has 0 atom stereocenters. The molecule has 1 aliphatic rings. The van der Waals surface area contributed by atoms with Gasteiger partial charge in [-0.3, -0.25) is 4.79 Å². The van der Waals surface area contributed by atoms with Crippen molar-refractivity contribution in [2.75, 3.05) is 13.2 Å². The first-order valence-corrected chi connectivity index (χ1v) is 7.35. The highest BCUT2D eigenvalue weighted by molar-refractivity contribution is 5.86. The molecule has 1 rings (SSSR count). The Labute approximate surface area is 111 Å². The molecule has 18 heavy (non-hydrogen) atoms. The zero-order chi connectivity index (χ0) is 13.1. The monoisotopic (exact) mass is 253 g/mol. The van der Waals surface area contributed by atoms with Crippen molar-refractivity contribution in [3.8, 4) is 0 Å². The van der Waals surface area contributed by atoms with E-state index >= 15 is 0 Å². The fourth-order valence-electron chi connectivity index (χ4n) is 2.35. The summed E-state index contributed by atoms with van der Waals surface area (Å²) in [7, 11) is 0. The van der Waals surface area contributed by atoms with Crippen molar-refractivity contribution >= 4 is 5.91 Å². The van der Waals surface area contributed by atoms with E-state index in [1.807, 2.05) is 0 Å². The van der Waals surface area contributed by atoms with Gasteiger partial charge in [-0.2, -0.15) is 0 Å². The van der Waals surface area contributed by atoms with Crippen molar-refractivity contribution in [2.45, 2.75) is 63.9 Å². The van der Waals surface area contributed by atoms with Crippen LogP contribution in [-0.2, 0) is 9.53 Å². The number of hydrogen-bond acceptors (Lipinski definition) is 2. The van der Waals surface area contributed by atoms with Crippen LogP contribution in [0.5, 0.6) is 0 Å². The molecule has 0 unspecified atom stereocenters. The van der Waals surface area contributed by atoms with Crippen LogP contribution in [0.15, 0.2) is 12.7 Å². The van der Waals surface area contributed by atoms with Gasteiger partial charge in [-0.15, -0.1) is 0 Å². The molecule has 1 amide bonds. The van der Waals surface area contributed by atoms with E-state index in [9.17, 15) is 4.79 Å². The van der Waals surface area contributed by atoms with Gasteiger partial charge in [-0.25, -0.2) is 0 Å². The molecule has 1 N–H and O–H groups in total. The number of nitrogens with one attached hydrogen (secondary N) is 1. The number of rotatable bonds is 7. The lowest BCUT2D eigenvalue weighted by atomic mass is 9.98. The van der Waals surface area contributed by atoms with E-state index in [0.717, 1.165) is 26.0 Å². The maximum atomic E-state index is 10.9. The molecule has 1 aliphatic carbocycles. The first kappa shape index (κ1) is 15.2. The van der Waals surface area contributed by atoms with Crippen LogP contribution in [0.2, 0.25) is 0 Å². The SMILES string of the molecule is C=CC(=O)NCCCCOC1CCCCCCC1. The summed E-state index contributed by atoms with van der Waals surface area (Å²) in [6, 6.07) is 0. The van der Waals surface area contributed by atoms with Gasteiger partial charge in [0.05, 0.1) is 6.10 Å². The van der Waals surface area contributed by atoms with E-state index in [-0.39, 0.29) is 5.91 Å². The largest absolute Gasteiger partial charge is 0.378 e. The van der Waals surface area contributed by atoms with Crippen LogP contribution in [0.25, 0.3) is 0 Å². The minimum absolute atomic E-state index is 0.0871. The summed E-state index contributed by atoms with van der Waals surface area (Å²) in [5, 5.41) is 2.78. The van der Waals surface area contributed by atoms with E-state index < -0.39 is 0 Å². The molecular formula is C15H27NO2. The normalized spacial score (nSPS) is 17.8. The zero-order valence-corrected chi connectivity index (χ0v) is 11.5. The molecule has 3 heteroatoms. The van der Waals surface area contributed by atoms with Crippen LogP contribution >= 0.6 is 0 Å². The number of unbranched alkanes of at least 4 members (excludes halogenated alkanes) is 1. The highest BCUT2D eigenvalue weighted by Crippen LogP contribution is 2.19. The van der Waals surface area contributed by atoms with Gasteiger partial charge in [0.25, 0.3) is 0 Å². The minimum atomic E-state index is -0.0871. The van der Waals surface area contributed by atoms with E-state index in [4.69, 9.17) is 4.74 Å². The summed E-state index contributed by atoms with van der Waals surface area (Å²) in [5.41, 5.74) is 0.